The van der Waals surface area contributed by atoms with E-state index in [1.54, 1.807) is 0 Å². The number of hydrogen-bond acceptors (Lipinski definition) is 1. The maximum Gasteiger partial charge on any atom is 0.249 e. The van der Waals surface area contributed by atoms with Gasteiger partial charge in [-0.05, 0) is 30.6 Å². The summed E-state index contributed by atoms with van der Waals surface area (Å²) < 4.78 is 5.96. The van der Waals surface area contributed by atoms with Gasteiger partial charge in [0.25, 0.3) is 0 Å². The van der Waals surface area contributed by atoms with Crippen molar-refractivity contribution < 1.29 is 4.43 Å². The van der Waals surface area contributed by atoms with Gasteiger partial charge in [0.2, 0.25) is 8.32 Å². The van der Waals surface area contributed by atoms with E-state index in [-0.39, 0.29) is 0 Å². The monoisotopic (exact) mass is 226 g/mol. The molecular formula is C13H26OSi. The van der Waals surface area contributed by atoms with E-state index in [4.69, 9.17) is 4.43 Å². The molecule has 0 aliphatic rings. The van der Waals surface area contributed by atoms with Gasteiger partial charge >= 0.3 is 0 Å². The van der Waals surface area contributed by atoms with Crippen LogP contribution in [0.5, 0.6) is 0 Å². The van der Waals surface area contributed by atoms with Crippen LogP contribution >= 0.6 is 0 Å². The average molecular weight is 226 g/mol. The second kappa shape index (κ2) is 8.78. The Labute approximate surface area is 96.4 Å². The highest BCUT2D eigenvalue weighted by Gasteiger charge is 2.28. The van der Waals surface area contributed by atoms with E-state index >= 15 is 0 Å². The SMILES string of the molecule is CCCC=CC=CO[Si](CC)(CC)CC. The molecule has 0 aromatic rings. The summed E-state index contributed by atoms with van der Waals surface area (Å²) in [5, 5.41) is 0. The summed E-state index contributed by atoms with van der Waals surface area (Å²) >= 11 is 0. The highest BCUT2D eigenvalue weighted by Crippen LogP contribution is 2.21. The van der Waals surface area contributed by atoms with E-state index in [9.17, 15) is 0 Å². The van der Waals surface area contributed by atoms with Gasteiger partial charge in [0.1, 0.15) is 0 Å². The van der Waals surface area contributed by atoms with Crippen LogP contribution in [0.3, 0.4) is 0 Å². The lowest BCUT2D eigenvalue weighted by atomic mass is 10.3. The van der Waals surface area contributed by atoms with E-state index in [1.165, 1.54) is 24.6 Å². The van der Waals surface area contributed by atoms with Crippen molar-refractivity contribution in [2.45, 2.75) is 58.7 Å². The second-order valence-electron chi connectivity index (χ2n) is 3.91. The van der Waals surface area contributed by atoms with Crippen molar-refractivity contribution in [2.75, 3.05) is 0 Å². The minimum Gasteiger partial charge on any atom is -0.549 e. The molecule has 88 valence electrons. The first-order chi connectivity index (χ1) is 7.24. The van der Waals surface area contributed by atoms with Gasteiger partial charge in [0.15, 0.2) is 0 Å². The molecule has 15 heavy (non-hydrogen) atoms. The van der Waals surface area contributed by atoms with Gasteiger partial charge in [-0.15, -0.1) is 0 Å². The van der Waals surface area contributed by atoms with E-state index < -0.39 is 8.32 Å². The lowest BCUT2D eigenvalue weighted by molar-refractivity contribution is 0.458. The fourth-order valence-electron chi connectivity index (χ4n) is 1.57. The molecule has 0 saturated carbocycles. The number of allylic oxidation sites excluding steroid dienone is 3. The van der Waals surface area contributed by atoms with Crippen LogP contribution in [0.1, 0.15) is 40.5 Å². The molecule has 0 N–H and O–H groups in total. The molecule has 0 aliphatic heterocycles. The molecule has 0 saturated heterocycles. The van der Waals surface area contributed by atoms with E-state index in [0.29, 0.717) is 0 Å². The van der Waals surface area contributed by atoms with Crippen LogP contribution in [0, 0.1) is 0 Å². The lowest BCUT2D eigenvalue weighted by Gasteiger charge is -2.26. The van der Waals surface area contributed by atoms with Gasteiger partial charge in [-0.3, -0.25) is 0 Å². The second-order valence-corrected chi connectivity index (χ2v) is 8.63. The number of rotatable bonds is 8. The summed E-state index contributed by atoms with van der Waals surface area (Å²) in [6.07, 6.45) is 10.6. The van der Waals surface area contributed by atoms with Crippen LogP contribution in [0.25, 0.3) is 0 Å². The number of unbranched alkanes of at least 4 members (excludes halogenated alkanes) is 1. The first-order valence-electron chi connectivity index (χ1n) is 6.24. The first-order valence-corrected chi connectivity index (χ1v) is 8.77. The van der Waals surface area contributed by atoms with Crippen molar-refractivity contribution >= 4 is 8.32 Å². The molecule has 0 aliphatic carbocycles. The maximum absolute atomic E-state index is 5.96. The van der Waals surface area contributed by atoms with Crippen molar-refractivity contribution in [3.63, 3.8) is 0 Å². The third-order valence-corrected chi connectivity index (χ3v) is 7.53. The zero-order valence-electron chi connectivity index (χ0n) is 10.8. The molecule has 0 aromatic heterocycles. The average Bonchev–Trinajstić information content (AvgIpc) is 2.29. The Hall–Kier alpha value is -0.503. The summed E-state index contributed by atoms with van der Waals surface area (Å²) in [5.74, 6) is 0. The van der Waals surface area contributed by atoms with Crippen LogP contribution in [0.15, 0.2) is 24.5 Å². The van der Waals surface area contributed by atoms with E-state index in [0.717, 1.165) is 6.42 Å². The smallest absolute Gasteiger partial charge is 0.249 e. The van der Waals surface area contributed by atoms with Gasteiger partial charge < -0.3 is 4.43 Å². The predicted octanol–water partition coefficient (Wildman–Crippen LogP) is 4.88. The van der Waals surface area contributed by atoms with Gasteiger partial charge in [-0.1, -0.05) is 46.3 Å². The molecule has 0 unspecified atom stereocenters. The summed E-state index contributed by atoms with van der Waals surface area (Å²) in [6.45, 7) is 8.94. The first kappa shape index (κ1) is 14.5. The van der Waals surface area contributed by atoms with Crippen LogP contribution in [-0.4, -0.2) is 8.32 Å². The molecule has 0 aromatic carbocycles. The highest BCUT2D eigenvalue weighted by molar-refractivity contribution is 6.73. The third-order valence-electron chi connectivity index (χ3n) is 3.03. The van der Waals surface area contributed by atoms with Gasteiger partial charge in [-0.25, -0.2) is 0 Å². The lowest BCUT2D eigenvalue weighted by Crippen LogP contribution is -2.33. The zero-order valence-corrected chi connectivity index (χ0v) is 11.8. The van der Waals surface area contributed by atoms with Gasteiger partial charge in [0.05, 0.1) is 6.26 Å². The molecule has 0 fully saturated rings. The van der Waals surface area contributed by atoms with Crippen molar-refractivity contribution in [3.8, 4) is 0 Å². The molecule has 0 amide bonds. The van der Waals surface area contributed by atoms with Crippen molar-refractivity contribution in [2.24, 2.45) is 0 Å². The standard InChI is InChI=1S/C13H26OSi/c1-5-9-10-11-12-13-14-15(6-2,7-3)8-4/h10-13H,5-9H2,1-4H3. The summed E-state index contributed by atoms with van der Waals surface area (Å²) in [5.41, 5.74) is 0. The fourth-order valence-corrected chi connectivity index (χ4v) is 3.94. The van der Waals surface area contributed by atoms with E-state index in [1.807, 2.05) is 12.3 Å². The molecule has 0 rings (SSSR count). The Morgan fingerprint density at radius 1 is 0.933 bits per heavy atom. The largest absolute Gasteiger partial charge is 0.549 e. The highest BCUT2D eigenvalue weighted by atomic mass is 28.4. The normalized spacial score (nSPS) is 12.8. The summed E-state index contributed by atoms with van der Waals surface area (Å²) in [7, 11) is -1.41. The van der Waals surface area contributed by atoms with Crippen LogP contribution in [0.4, 0.5) is 0 Å². The molecule has 0 radical (unpaired) electrons. The molecular weight excluding hydrogens is 200 g/mol. The van der Waals surface area contributed by atoms with Crippen molar-refractivity contribution in [1.82, 2.24) is 0 Å². The Bertz CT molecular complexity index is 184. The summed E-state index contributed by atoms with van der Waals surface area (Å²) in [6, 6.07) is 3.63. The molecule has 0 spiro atoms. The Morgan fingerprint density at radius 3 is 2.00 bits per heavy atom. The minimum atomic E-state index is -1.41. The maximum atomic E-state index is 5.96. The quantitative estimate of drug-likeness (QED) is 0.326. The number of hydrogen-bond donors (Lipinski definition) is 0. The molecule has 0 bridgehead atoms. The Kier molecular flexibility index (Phi) is 8.48. The molecule has 0 heterocycles. The van der Waals surface area contributed by atoms with Crippen molar-refractivity contribution in [1.29, 1.82) is 0 Å². The van der Waals surface area contributed by atoms with Gasteiger partial charge in [-0.2, -0.15) is 0 Å². The molecule has 1 nitrogen and oxygen atoms in total. The summed E-state index contributed by atoms with van der Waals surface area (Å²) in [4.78, 5) is 0. The predicted molar refractivity (Wildman–Crippen MR) is 71.5 cm³/mol. The topological polar surface area (TPSA) is 9.23 Å². The zero-order chi connectivity index (χ0) is 11.6. The third kappa shape index (κ3) is 5.83. The van der Waals surface area contributed by atoms with Gasteiger partial charge in [0, 0.05) is 0 Å². The molecule has 2 heteroatoms. The van der Waals surface area contributed by atoms with Crippen molar-refractivity contribution in [3.05, 3.63) is 24.5 Å². The van der Waals surface area contributed by atoms with E-state index in [2.05, 4.69) is 39.8 Å². The molecule has 0 atom stereocenters. The minimum absolute atomic E-state index is 1.16. The van der Waals surface area contributed by atoms with Crippen LogP contribution < -0.4 is 0 Å². The Balaban J connectivity index is 3.99. The Morgan fingerprint density at radius 2 is 1.53 bits per heavy atom. The van der Waals surface area contributed by atoms with Crippen LogP contribution in [0.2, 0.25) is 18.1 Å². The van der Waals surface area contributed by atoms with Crippen LogP contribution in [-0.2, 0) is 4.43 Å². The fraction of sp³-hybridized carbons (Fsp3) is 0.692.